The van der Waals surface area contributed by atoms with Crippen molar-refractivity contribution in [1.29, 1.82) is 0 Å². The van der Waals surface area contributed by atoms with Gasteiger partial charge in [-0.2, -0.15) is 5.10 Å². The van der Waals surface area contributed by atoms with Gasteiger partial charge in [-0.3, -0.25) is 4.68 Å². The molecule has 1 N–H and O–H groups in total. The molecule has 0 amide bonds. The Balaban J connectivity index is 2.42. The number of methoxy groups -OCH3 is 1. The Kier molecular flexibility index (Phi) is 6.93. The first-order valence-electron chi connectivity index (χ1n) is 6.51. The van der Waals surface area contributed by atoms with Crippen molar-refractivity contribution in [1.82, 2.24) is 9.78 Å². The van der Waals surface area contributed by atoms with Crippen LogP contribution >= 0.6 is 0 Å². The fourth-order valence-electron chi connectivity index (χ4n) is 1.74. The van der Waals surface area contributed by atoms with Gasteiger partial charge in [0.25, 0.3) is 0 Å². The summed E-state index contributed by atoms with van der Waals surface area (Å²) in [6.45, 7) is 6.02. The lowest BCUT2D eigenvalue weighted by atomic mass is 10.2. The third-order valence-electron chi connectivity index (χ3n) is 2.76. The summed E-state index contributed by atoms with van der Waals surface area (Å²) < 4.78 is 12.0. The largest absolute Gasteiger partial charge is 0.389 e. The lowest BCUT2D eigenvalue weighted by Gasteiger charge is -2.13. The van der Waals surface area contributed by atoms with Crippen LogP contribution in [0.3, 0.4) is 0 Å². The number of aryl methyl sites for hydroxylation is 2. The second-order valence-corrected chi connectivity index (χ2v) is 4.24. The molecule has 5 nitrogen and oxygen atoms in total. The number of nitrogens with zero attached hydrogens (tertiary/aromatic N) is 2. The fraction of sp³-hybridized carbons (Fsp3) is 0.769. The van der Waals surface area contributed by atoms with E-state index in [4.69, 9.17) is 9.47 Å². The van der Waals surface area contributed by atoms with Gasteiger partial charge in [0.2, 0.25) is 0 Å². The molecular formula is C13H24N2O3. The lowest BCUT2D eigenvalue weighted by Crippen LogP contribution is -2.24. The molecule has 0 aromatic carbocycles. The second-order valence-electron chi connectivity index (χ2n) is 4.24. The summed E-state index contributed by atoms with van der Waals surface area (Å²) in [5.74, 6) is 0. The summed E-state index contributed by atoms with van der Waals surface area (Å²) >= 11 is 0. The Labute approximate surface area is 109 Å². The van der Waals surface area contributed by atoms with Crippen molar-refractivity contribution >= 4 is 0 Å². The van der Waals surface area contributed by atoms with Crippen LogP contribution in [0.15, 0.2) is 6.07 Å². The van der Waals surface area contributed by atoms with Crippen LogP contribution in [0.25, 0.3) is 0 Å². The average Bonchev–Trinajstić information content (AvgIpc) is 2.77. The topological polar surface area (TPSA) is 56.5 Å². The molecule has 1 aromatic rings. The number of rotatable bonds is 9. The SMILES string of the molecule is CCc1cc(CC)n(CC(O)COCCOC)n1. The number of hydrogen-bond donors (Lipinski definition) is 1. The summed E-state index contributed by atoms with van der Waals surface area (Å²) in [5.41, 5.74) is 2.22. The standard InChI is InChI=1S/C13H24N2O3/c1-4-11-8-12(5-2)15(14-11)9-13(16)10-18-7-6-17-3/h8,13,16H,4-7,9-10H2,1-3H3. The predicted molar refractivity (Wildman–Crippen MR) is 69.7 cm³/mol. The van der Waals surface area contributed by atoms with Crippen LogP contribution < -0.4 is 0 Å². The Morgan fingerprint density at radius 3 is 2.72 bits per heavy atom. The van der Waals surface area contributed by atoms with Crippen LogP contribution in [-0.2, 0) is 28.9 Å². The number of aromatic nitrogens is 2. The highest BCUT2D eigenvalue weighted by Crippen LogP contribution is 2.07. The van der Waals surface area contributed by atoms with Crippen LogP contribution in [0.5, 0.6) is 0 Å². The van der Waals surface area contributed by atoms with E-state index in [0.29, 0.717) is 26.4 Å². The number of ether oxygens (including phenoxy) is 2. The summed E-state index contributed by atoms with van der Waals surface area (Å²) in [7, 11) is 1.63. The minimum atomic E-state index is -0.531. The van der Waals surface area contributed by atoms with Crippen LogP contribution in [0.2, 0.25) is 0 Å². The third-order valence-corrected chi connectivity index (χ3v) is 2.76. The quantitative estimate of drug-likeness (QED) is 0.671. The molecular weight excluding hydrogens is 232 g/mol. The predicted octanol–water partition coefficient (Wildman–Crippen LogP) is 1.03. The third kappa shape index (κ3) is 4.76. The molecule has 0 fully saturated rings. The molecule has 0 bridgehead atoms. The van der Waals surface area contributed by atoms with Crippen molar-refractivity contribution in [2.24, 2.45) is 0 Å². The fourth-order valence-corrected chi connectivity index (χ4v) is 1.74. The number of aliphatic hydroxyl groups excluding tert-OH is 1. The maximum Gasteiger partial charge on any atom is 0.0969 e. The Morgan fingerprint density at radius 1 is 1.33 bits per heavy atom. The van der Waals surface area contributed by atoms with E-state index in [1.54, 1.807) is 7.11 Å². The molecule has 18 heavy (non-hydrogen) atoms. The number of aliphatic hydroxyl groups is 1. The van der Waals surface area contributed by atoms with Crippen molar-refractivity contribution < 1.29 is 14.6 Å². The molecule has 0 saturated heterocycles. The van der Waals surface area contributed by atoms with Gasteiger partial charge < -0.3 is 14.6 Å². The molecule has 1 heterocycles. The molecule has 1 unspecified atom stereocenters. The van der Waals surface area contributed by atoms with Gasteiger partial charge in [-0.15, -0.1) is 0 Å². The minimum absolute atomic E-state index is 0.313. The van der Waals surface area contributed by atoms with E-state index < -0.39 is 6.10 Å². The first kappa shape index (κ1) is 15.1. The van der Waals surface area contributed by atoms with E-state index in [1.807, 2.05) is 4.68 Å². The molecule has 0 aliphatic carbocycles. The van der Waals surface area contributed by atoms with Crippen molar-refractivity contribution in [3.63, 3.8) is 0 Å². The highest BCUT2D eigenvalue weighted by molar-refractivity contribution is 5.10. The first-order chi connectivity index (χ1) is 8.71. The monoisotopic (exact) mass is 256 g/mol. The van der Waals surface area contributed by atoms with Crippen LogP contribution in [-0.4, -0.2) is 47.9 Å². The van der Waals surface area contributed by atoms with Crippen LogP contribution in [0.4, 0.5) is 0 Å². The highest BCUT2D eigenvalue weighted by Gasteiger charge is 2.10. The van der Waals surface area contributed by atoms with Gasteiger partial charge >= 0.3 is 0 Å². The van der Waals surface area contributed by atoms with Crippen LogP contribution in [0.1, 0.15) is 25.2 Å². The van der Waals surface area contributed by atoms with Gasteiger partial charge in [0, 0.05) is 12.8 Å². The zero-order valence-corrected chi connectivity index (χ0v) is 11.6. The summed E-state index contributed by atoms with van der Waals surface area (Å²) in [5, 5.41) is 14.3. The van der Waals surface area contributed by atoms with Gasteiger partial charge in [-0.05, 0) is 18.9 Å². The van der Waals surface area contributed by atoms with Gasteiger partial charge in [-0.25, -0.2) is 0 Å². The number of hydrogen-bond acceptors (Lipinski definition) is 4. The van der Waals surface area contributed by atoms with Crippen molar-refractivity contribution in [3.8, 4) is 0 Å². The van der Waals surface area contributed by atoms with Gasteiger partial charge in [0.1, 0.15) is 0 Å². The molecule has 1 aromatic heterocycles. The molecule has 104 valence electrons. The van der Waals surface area contributed by atoms with E-state index in [0.717, 1.165) is 24.2 Å². The maximum absolute atomic E-state index is 9.88. The Morgan fingerprint density at radius 2 is 2.11 bits per heavy atom. The molecule has 0 saturated carbocycles. The van der Waals surface area contributed by atoms with E-state index in [-0.39, 0.29) is 0 Å². The smallest absolute Gasteiger partial charge is 0.0969 e. The average molecular weight is 256 g/mol. The molecule has 0 aliphatic rings. The van der Waals surface area contributed by atoms with Crippen molar-refractivity contribution in [2.75, 3.05) is 26.9 Å². The molecule has 0 aliphatic heterocycles. The Bertz CT molecular complexity index is 339. The molecule has 1 atom stereocenters. The normalized spacial score (nSPS) is 12.9. The van der Waals surface area contributed by atoms with E-state index >= 15 is 0 Å². The van der Waals surface area contributed by atoms with E-state index in [9.17, 15) is 5.11 Å². The van der Waals surface area contributed by atoms with Crippen molar-refractivity contribution in [3.05, 3.63) is 17.5 Å². The molecule has 0 radical (unpaired) electrons. The maximum atomic E-state index is 9.88. The summed E-state index contributed by atoms with van der Waals surface area (Å²) in [6, 6.07) is 2.10. The summed E-state index contributed by atoms with van der Waals surface area (Å²) in [6.07, 6.45) is 1.31. The molecule has 1 rings (SSSR count). The van der Waals surface area contributed by atoms with Crippen molar-refractivity contribution in [2.45, 2.75) is 39.3 Å². The van der Waals surface area contributed by atoms with E-state index in [2.05, 4.69) is 25.0 Å². The molecule has 5 heteroatoms. The first-order valence-corrected chi connectivity index (χ1v) is 6.51. The molecule has 0 spiro atoms. The summed E-state index contributed by atoms with van der Waals surface area (Å²) in [4.78, 5) is 0. The Hall–Kier alpha value is -0.910. The second kappa shape index (κ2) is 8.24. The zero-order valence-electron chi connectivity index (χ0n) is 11.6. The minimum Gasteiger partial charge on any atom is -0.389 e. The van der Waals surface area contributed by atoms with Gasteiger partial charge in [-0.1, -0.05) is 13.8 Å². The van der Waals surface area contributed by atoms with E-state index in [1.165, 1.54) is 0 Å². The zero-order chi connectivity index (χ0) is 13.4. The lowest BCUT2D eigenvalue weighted by molar-refractivity contribution is 0.00566. The van der Waals surface area contributed by atoms with Crippen LogP contribution in [0, 0.1) is 0 Å². The van der Waals surface area contributed by atoms with Gasteiger partial charge in [0.05, 0.1) is 38.2 Å². The highest BCUT2D eigenvalue weighted by atomic mass is 16.5. The van der Waals surface area contributed by atoms with Gasteiger partial charge in [0.15, 0.2) is 0 Å².